The van der Waals surface area contributed by atoms with E-state index in [2.05, 4.69) is 22.9 Å². The van der Waals surface area contributed by atoms with Crippen LogP contribution in [0, 0.1) is 17.7 Å². The molecule has 1 aliphatic rings. The monoisotopic (exact) mass is 321 g/mol. The molecule has 1 aliphatic heterocycles. The third-order valence-corrected chi connectivity index (χ3v) is 4.35. The number of hydrogen-bond donors (Lipinski definition) is 3. The van der Waals surface area contributed by atoms with Gasteiger partial charge in [-0.2, -0.15) is 0 Å². The van der Waals surface area contributed by atoms with Gasteiger partial charge in [-0.1, -0.05) is 6.92 Å². The van der Waals surface area contributed by atoms with E-state index in [-0.39, 0.29) is 17.8 Å². The molecule has 2 rings (SSSR count). The van der Waals surface area contributed by atoms with Gasteiger partial charge >= 0.3 is 0 Å². The number of amides is 1. The predicted octanol–water partition coefficient (Wildman–Crippen LogP) is 3.61. The van der Waals surface area contributed by atoms with E-state index < -0.39 is 0 Å². The normalized spacial score (nSPS) is 19.4. The maximum absolute atomic E-state index is 13.4. The van der Waals surface area contributed by atoms with Crippen LogP contribution in [0.2, 0.25) is 0 Å². The highest BCUT2D eigenvalue weighted by Crippen LogP contribution is 2.26. The van der Waals surface area contributed by atoms with Gasteiger partial charge < -0.3 is 16.0 Å². The van der Waals surface area contributed by atoms with Crippen LogP contribution in [0.3, 0.4) is 0 Å². The molecule has 1 fully saturated rings. The molecule has 1 aromatic rings. The minimum absolute atomic E-state index is 0.0125. The van der Waals surface area contributed by atoms with E-state index in [1.165, 1.54) is 25.0 Å². The van der Waals surface area contributed by atoms with Crippen LogP contribution in [0.15, 0.2) is 18.2 Å². The number of nitrogens with one attached hydrogen (secondary N) is 3. The van der Waals surface area contributed by atoms with Gasteiger partial charge in [0.1, 0.15) is 5.82 Å². The largest absolute Gasteiger partial charge is 0.381 e. The zero-order valence-electron chi connectivity index (χ0n) is 14.3. The minimum Gasteiger partial charge on any atom is -0.381 e. The summed E-state index contributed by atoms with van der Waals surface area (Å²) in [7, 11) is 0. The molecule has 0 radical (unpaired) electrons. The Hall–Kier alpha value is -1.62. The van der Waals surface area contributed by atoms with Crippen molar-refractivity contribution < 1.29 is 9.18 Å². The highest BCUT2D eigenvalue weighted by molar-refractivity contribution is 5.94. The van der Waals surface area contributed by atoms with Crippen molar-refractivity contribution in [2.75, 3.05) is 23.7 Å². The van der Waals surface area contributed by atoms with Gasteiger partial charge in [0.05, 0.1) is 11.4 Å². The van der Waals surface area contributed by atoms with E-state index >= 15 is 0 Å². The lowest BCUT2D eigenvalue weighted by molar-refractivity contribution is -0.117. The van der Waals surface area contributed by atoms with Gasteiger partial charge in [0.2, 0.25) is 5.91 Å². The molecule has 1 saturated heterocycles. The van der Waals surface area contributed by atoms with E-state index in [9.17, 15) is 9.18 Å². The Morgan fingerprint density at radius 2 is 2.13 bits per heavy atom. The summed E-state index contributed by atoms with van der Waals surface area (Å²) in [5.41, 5.74) is 1.26. The van der Waals surface area contributed by atoms with Crippen LogP contribution in [0.1, 0.15) is 40.0 Å². The standard InChI is InChI=1S/C18H28FN3O/c1-12(2)21-17-10-15(19)6-7-16(17)22-18(23)9-13(3)14-5-4-8-20-11-14/h6-7,10,12-14,20-21H,4-5,8-9,11H2,1-3H3,(H,22,23). The van der Waals surface area contributed by atoms with Crippen molar-refractivity contribution in [3.8, 4) is 0 Å². The molecule has 1 amide bonds. The van der Waals surface area contributed by atoms with Gasteiger partial charge in [-0.25, -0.2) is 4.39 Å². The second kappa shape index (κ2) is 8.29. The fourth-order valence-corrected chi connectivity index (χ4v) is 3.08. The number of hydrogen-bond acceptors (Lipinski definition) is 3. The molecule has 0 aromatic heterocycles. The third-order valence-electron chi connectivity index (χ3n) is 4.35. The number of anilines is 2. The average molecular weight is 321 g/mol. The first-order chi connectivity index (χ1) is 11.0. The summed E-state index contributed by atoms with van der Waals surface area (Å²) >= 11 is 0. The Morgan fingerprint density at radius 3 is 2.78 bits per heavy atom. The molecule has 2 unspecified atom stereocenters. The summed E-state index contributed by atoms with van der Waals surface area (Å²) in [4.78, 5) is 12.3. The van der Waals surface area contributed by atoms with Crippen LogP contribution in [0.4, 0.5) is 15.8 Å². The molecule has 5 heteroatoms. The summed E-state index contributed by atoms with van der Waals surface area (Å²) in [6, 6.07) is 4.57. The lowest BCUT2D eigenvalue weighted by Gasteiger charge is -2.28. The maximum Gasteiger partial charge on any atom is 0.224 e. The lowest BCUT2D eigenvalue weighted by Crippen LogP contribution is -2.34. The van der Waals surface area contributed by atoms with Crippen molar-refractivity contribution in [3.63, 3.8) is 0 Å². The molecule has 0 bridgehead atoms. The van der Waals surface area contributed by atoms with Crippen molar-refractivity contribution >= 4 is 17.3 Å². The lowest BCUT2D eigenvalue weighted by atomic mass is 9.85. The van der Waals surface area contributed by atoms with Crippen molar-refractivity contribution in [2.45, 2.75) is 46.1 Å². The van der Waals surface area contributed by atoms with Gasteiger partial charge in [-0.3, -0.25) is 4.79 Å². The maximum atomic E-state index is 13.4. The number of halogens is 1. The zero-order chi connectivity index (χ0) is 16.8. The van der Waals surface area contributed by atoms with Crippen molar-refractivity contribution in [1.82, 2.24) is 5.32 Å². The number of carbonyl (C=O) groups is 1. The molecule has 0 saturated carbocycles. The molecule has 2 atom stereocenters. The molecule has 1 heterocycles. The molecular weight excluding hydrogens is 293 g/mol. The minimum atomic E-state index is -0.312. The zero-order valence-corrected chi connectivity index (χ0v) is 14.3. The summed E-state index contributed by atoms with van der Waals surface area (Å²) in [6.45, 7) is 8.17. The van der Waals surface area contributed by atoms with E-state index in [0.717, 1.165) is 13.1 Å². The van der Waals surface area contributed by atoms with Gasteiger partial charge in [-0.05, 0) is 69.8 Å². The Kier molecular flexibility index (Phi) is 6.39. The third kappa shape index (κ3) is 5.50. The summed E-state index contributed by atoms with van der Waals surface area (Å²) < 4.78 is 13.4. The second-order valence-electron chi connectivity index (χ2n) is 6.82. The first-order valence-electron chi connectivity index (χ1n) is 8.52. The summed E-state index contributed by atoms with van der Waals surface area (Å²) in [5, 5.41) is 9.49. The Morgan fingerprint density at radius 1 is 1.35 bits per heavy atom. The van der Waals surface area contributed by atoms with Crippen LogP contribution >= 0.6 is 0 Å². The van der Waals surface area contributed by atoms with Gasteiger partial charge in [0.25, 0.3) is 0 Å². The first kappa shape index (κ1) is 17.7. The molecular formula is C18H28FN3O. The van der Waals surface area contributed by atoms with Crippen LogP contribution in [0.25, 0.3) is 0 Å². The SMILES string of the molecule is CC(C)Nc1cc(F)ccc1NC(=O)CC(C)C1CCCNC1. The summed E-state index contributed by atoms with van der Waals surface area (Å²) in [5.74, 6) is 0.565. The number of benzene rings is 1. The second-order valence-corrected chi connectivity index (χ2v) is 6.82. The van der Waals surface area contributed by atoms with E-state index in [1.807, 2.05) is 13.8 Å². The average Bonchev–Trinajstić information content (AvgIpc) is 2.50. The number of carbonyl (C=O) groups excluding carboxylic acids is 1. The quantitative estimate of drug-likeness (QED) is 0.750. The van der Waals surface area contributed by atoms with Gasteiger partial charge in [0.15, 0.2) is 0 Å². The topological polar surface area (TPSA) is 53.2 Å². The number of piperidine rings is 1. The van der Waals surface area contributed by atoms with E-state index in [4.69, 9.17) is 0 Å². The molecule has 23 heavy (non-hydrogen) atoms. The van der Waals surface area contributed by atoms with E-state index in [1.54, 1.807) is 6.07 Å². The fourth-order valence-electron chi connectivity index (χ4n) is 3.08. The van der Waals surface area contributed by atoms with Crippen LogP contribution < -0.4 is 16.0 Å². The van der Waals surface area contributed by atoms with Crippen LogP contribution in [-0.2, 0) is 4.79 Å². The smallest absolute Gasteiger partial charge is 0.224 e. The van der Waals surface area contributed by atoms with Gasteiger partial charge in [-0.15, -0.1) is 0 Å². The molecule has 3 N–H and O–H groups in total. The molecule has 1 aromatic carbocycles. The van der Waals surface area contributed by atoms with Crippen molar-refractivity contribution in [2.24, 2.45) is 11.8 Å². The molecule has 4 nitrogen and oxygen atoms in total. The van der Waals surface area contributed by atoms with Crippen LogP contribution in [-0.4, -0.2) is 25.0 Å². The van der Waals surface area contributed by atoms with E-state index in [0.29, 0.717) is 29.6 Å². The highest BCUT2D eigenvalue weighted by atomic mass is 19.1. The first-order valence-corrected chi connectivity index (χ1v) is 8.52. The Bertz CT molecular complexity index is 527. The fraction of sp³-hybridized carbons (Fsp3) is 0.611. The Balaban J connectivity index is 1.96. The molecule has 0 spiro atoms. The highest BCUT2D eigenvalue weighted by Gasteiger charge is 2.22. The molecule has 128 valence electrons. The Labute approximate surface area is 138 Å². The van der Waals surface area contributed by atoms with Crippen molar-refractivity contribution in [1.29, 1.82) is 0 Å². The summed E-state index contributed by atoms with van der Waals surface area (Å²) in [6.07, 6.45) is 2.85. The predicted molar refractivity (Wildman–Crippen MR) is 93.2 cm³/mol. The molecule has 0 aliphatic carbocycles. The number of rotatable bonds is 6. The van der Waals surface area contributed by atoms with Gasteiger partial charge in [0, 0.05) is 12.5 Å². The van der Waals surface area contributed by atoms with Crippen molar-refractivity contribution in [3.05, 3.63) is 24.0 Å². The van der Waals surface area contributed by atoms with Crippen LogP contribution in [0.5, 0.6) is 0 Å².